The SMILES string of the molecule is Cc1cc2c3c(cccc3c1)C(C)(C)[Si](c1ccccc1)(c1ccccc1)C2(C)C. The fourth-order valence-corrected chi connectivity index (χ4v) is 14.1. The Balaban J connectivity index is 2.03. The third-order valence-corrected chi connectivity index (χ3v) is 14.4. The van der Waals surface area contributed by atoms with Gasteiger partial charge in [0.2, 0.25) is 0 Å². The first-order chi connectivity index (χ1) is 14.3. The summed E-state index contributed by atoms with van der Waals surface area (Å²) < 4.78 is 0. The van der Waals surface area contributed by atoms with Gasteiger partial charge in [-0.1, -0.05) is 135 Å². The summed E-state index contributed by atoms with van der Waals surface area (Å²) in [6, 6.07) is 34.6. The highest BCUT2D eigenvalue weighted by Crippen LogP contribution is 2.53. The van der Waals surface area contributed by atoms with Crippen LogP contribution < -0.4 is 10.4 Å². The number of hydrogen-bond acceptors (Lipinski definition) is 0. The molecule has 0 unspecified atom stereocenters. The molecule has 0 bridgehead atoms. The molecule has 1 heterocycles. The molecule has 5 rings (SSSR count). The number of rotatable bonds is 2. The standard InChI is InChI=1S/C29H30Si/c1-21-19-22-13-12-18-25-27(22)26(20-21)29(4,5)30(28(25,2)3,23-14-8-6-9-15-23)24-16-10-7-11-17-24/h6-20H,1-5H3. The lowest BCUT2D eigenvalue weighted by Crippen LogP contribution is -2.79. The van der Waals surface area contributed by atoms with Crippen molar-refractivity contribution in [3.05, 3.63) is 108 Å². The Hall–Kier alpha value is -2.64. The van der Waals surface area contributed by atoms with E-state index in [2.05, 4.69) is 126 Å². The maximum Gasteiger partial charge on any atom is 0.137 e. The van der Waals surface area contributed by atoms with Crippen molar-refractivity contribution in [2.45, 2.75) is 44.7 Å². The predicted molar refractivity (Wildman–Crippen MR) is 133 cm³/mol. The molecule has 1 aliphatic rings. The van der Waals surface area contributed by atoms with Gasteiger partial charge in [0.15, 0.2) is 0 Å². The van der Waals surface area contributed by atoms with Crippen LogP contribution in [0.2, 0.25) is 0 Å². The Morgan fingerprint density at radius 3 is 1.67 bits per heavy atom. The van der Waals surface area contributed by atoms with Crippen LogP contribution in [0.3, 0.4) is 0 Å². The number of benzene rings is 4. The van der Waals surface area contributed by atoms with Gasteiger partial charge in [0.25, 0.3) is 0 Å². The lowest BCUT2D eigenvalue weighted by atomic mass is 9.85. The molecule has 0 aromatic heterocycles. The smallest absolute Gasteiger partial charge is 0.0625 e. The summed E-state index contributed by atoms with van der Waals surface area (Å²) in [4.78, 5) is 0. The monoisotopic (exact) mass is 406 g/mol. The minimum atomic E-state index is -2.34. The average Bonchev–Trinajstić information content (AvgIpc) is 2.73. The summed E-state index contributed by atoms with van der Waals surface area (Å²) in [6.45, 7) is 12.3. The van der Waals surface area contributed by atoms with E-state index in [9.17, 15) is 0 Å². The first kappa shape index (κ1) is 19.3. The van der Waals surface area contributed by atoms with Crippen molar-refractivity contribution in [1.82, 2.24) is 0 Å². The molecule has 0 saturated carbocycles. The number of hydrogen-bond donors (Lipinski definition) is 0. The molecule has 1 heteroatoms. The number of aryl methyl sites for hydroxylation is 1. The fraction of sp³-hybridized carbons (Fsp3) is 0.241. The van der Waals surface area contributed by atoms with Crippen LogP contribution in [0, 0.1) is 6.92 Å². The van der Waals surface area contributed by atoms with E-state index >= 15 is 0 Å². The van der Waals surface area contributed by atoms with Crippen LogP contribution in [0.4, 0.5) is 0 Å². The second kappa shape index (κ2) is 6.43. The van der Waals surface area contributed by atoms with E-state index in [1.807, 2.05) is 0 Å². The molecule has 0 saturated heterocycles. The van der Waals surface area contributed by atoms with Crippen LogP contribution in [0.15, 0.2) is 91.0 Å². The molecular weight excluding hydrogens is 376 g/mol. The van der Waals surface area contributed by atoms with Gasteiger partial charge in [0.05, 0.1) is 0 Å². The van der Waals surface area contributed by atoms with Gasteiger partial charge >= 0.3 is 0 Å². The first-order valence-electron chi connectivity index (χ1n) is 11.0. The highest BCUT2D eigenvalue weighted by molar-refractivity contribution is 7.06. The second-order valence-corrected chi connectivity index (χ2v) is 15.1. The van der Waals surface area contributed by atoms with Crippen LogP contribution in [-0.4, -0.2) is 8.07 Å². The highest BCUT2D eigenvalue weighted by Gasteiger charge is 2.63. The molecule has 4 aromatic carbocycles. The Morgan fingerprint density at radius 2 is 1.10 bits per heavy atom. The molecule has 0 nitrogen and oxygen atoms in total. The van der Waals surface area contributed by atoms with E-state index in [1.54, 1.807) is 0 Å². The van der Waals surface area contributed by atoms with E-state index in [1.165, 1.54) is 37.8 Å². The molecule has 0 fully saturated rings. The van der Waals surface area contributed by atoms with Gasteiger partial charge in [-0.25, -0.2) is 0 Å². The summed E-state index contributed by atoms with van der Waals surface area (Å²) in [7, 11) is -2.34. The van der Waals surface area contributed by atoms with Crippen LogP contribution in [0.5, 0.6) is 0 Å². The average molecular weight is 407 g/mol. The third kappa shape index (κ3) is 2.27. The van der Waals surface area contributed by atoms with Crippen LogP contribution in [0.25, 0.3) is 10.8 Å². The normalized spacial score (nSPS) is 18.3. The molecule has 1 aliphatic heterocycles. The quantitative estimate of drug-likeness (QED) is 0.355. The van der Waals surface area contributed by atoms with Gasteiger partial charge in [0, 0.05) is 0 Å². The van der Waals surface area contributed by atoms with Gasteiger partial charge in [-0.3, -0.25) is 0 Å². The van der Waals surface area contributed by atoms with E-state index in [0.717, 1.165) is 0 Å². The van der Waals surface area contributed by atoms with E-state index in [0.29, 0.717) is 0 Å². The Kier molecular flexibility index (Phi) is 4.14. The maximum absolute atomic E-state index is 2.52. The first-order valence-corrected chi connectivity index (χ1v) is 13.0. The molecule has 0 atom stereocenters. The summed E-state index contributed by atoms with van der Waals surface area (Å²) in [5, 5.41) is 5.96. The van der Waals surface area contributed by atoms with Crippen molar-refractivity contribution in [1.29, 1.82) is 0 Å². The molecule has 0 spiro atoms. The molecule has 150 valence electrons. The van der Waals surface area contributed by atoms with Crippen molar-refractivity contribution in [3.8, 4) is 0 Å². The zero-order valence-electron chi connectivity index (χ0n) is 18.7. The van der Waals surface area contributed by atoms with Gasteiger partial charge in [0.1, 0.15) is 8.07 Å². The van der Waals surface area contributed by atoms with Crippen molar-refractivity contribution in [2.24, 2.45) is 0 Å². The Morgan fingerprint density at radius 1 is 0.567 bits per heavy atom. The molecule has 0 radical (unpaired) electrons. The van der Waals surface area contributed by atoms with Crippen LogP contribution >= 0.6 is 0 Å². The summed E-state index contributed by atoms with van der Waals surface area (Å²) in [5.74, 6) is 0. The highest BCUT2D eigenvalue weighted by atomic mass is 28.3. The molecular formula is C29H30Si. The van der Waals surface area contributed by atoms with Gasteiger partial charge in [-0.05, 0) is 38.9 Å². The molecule has 0 amide bonds. The van der Waals surface area contributed by atoms with E-state index in [4.69, 9.17) is 0 Å². The van der Waals surface area contributed by atoms with Crippen LogP contribution in [-0.2, 0) is 10.1 Å². The summed E-state index contributed by atoms with van der Waals surface area (Å²) in [6.07, 6.45) is 0. The maximum atomic E-state index is 2.52. The third-order valence-electron chi connectivity index (χ3n) is 7.76. The van der Waals surface area contributed by atoms with Crippen LogP contribution in [0.1, 0.15) is 44.4 Å². The lowest BCUT2D eigenvalue weighted by Gasteiger charge is -2.59. The van der Waals surface area contributed by atoms with Crippen molar-refractivity contribution >= 4 is 29.2 Å². The van der Waals surface area contributed by atoms with Crippen molar-refractivity contribution < 1.29 is 0 Å². The Labute approximate surface area is 181 Å². The predicted octanol–water partition coefficient (Wildman–Crippen LogP) is 6.06. The van der Waals surface area contributed by atoms with Crippen molar-refractivity contribution in [3.63, 3.8) is 0 Å². The molecule has 4 aromatic rings. The van der Waals surface area contributed by atoms with Gasteiger partial charge in [-0.2, -0.15) is 0 Å². The zero-order valence-corrected chi connectivity index (χ0v) is 19.7. The molecule has 0 aliphatic carbocycles. The molecule has 0 N–H and O–H groups in total. The summed E-state index contributed by atoms with van der Waals surface area (Å²) in [5.41, 5.74) is 4.38. The fourth-order valence-electron chi connectivity index (χ4n) is 6.76. The van der Waals surface area contributed by atoms with E-state index in [-0.39, 0.29) is 10.1 Å². The van der Waals surface area contributed by atoms with Gasteiger partial charge in [-0.15, -0.1) is 0 Å². The minimum absolute atomic E-state index is 0.0256. The largest absolute Gasteiger partial charge is 0.137 e. The summed E-state index contributed by atoms with van der Waals surface area (Å²) >= 11 is 0. The Bertz CT molecular complexity index is 1190. The van der Waals surface area contributed by atoms with E-state index < -0.39 is 8.07 Å². The zero-order chi connectivity index (χ0) is 21.1. The van der Waals surface area contributed by atoms with Gasteiger partial charge < -0.3 is 0 Å². The van der Waals surface area contributed by atoms with Crippen molar-refractivity contribution in [2.75, 3.05) is 0 Å². The lowest BCUT2D eigenvalue weighted by molar-refractivity contribution is 0.619. The molecule has 30 heavy (non-hydrogen) atoms. The second-order valence-electron chi connectivity index (χ2n) is 9.95. The topological polar surface area (TPSA) is 0 Å². The minimum Gasteiger partial charge on any atom is -0.0625 e.